The Hall–Kier alpha value is -1.27. The minimum absolute atomic E-state index is 0.239. The Kier molecular flexibility index (Phi) is 4.78. The molecule has 1 aliphatic rings. The molecule has 1 aromatic carbocycles. The van der Waals surface area contributed by atoms with Crippen molar-refractivity contribution in [3.63, 3.8) is 0 Å². The summed E-state index contributed by atoms with van der Waals surface area (Å²) in [6, 6.07) is 4.99. The number of nitrogens with zero attached hydrogens (tertiary/aromatic N) is 2. The first kappa shape index (κ1) is 16.1. The minimum atomic E-state index is -3.43. The van der Waals surface area contributed by atoms with Crippen LogP contribution in [-0.2, 0) is 10.0 Å². The maximum atomic E-state index is 12.1. The lowest BCUT2D eigenvalue weighted by molar-refractivity contribution is 0.520. The number of rotatable bonds is 5. The molecule has 0 aliphatic heterocycles. The summed E-state index contributed by atoms with van der Waals surface area (Å²) in [5.41, 5.74) is 7.48. The van der Waals surface area contributed by atoms with Gasteiger partial charge in [0.1, 0.15) is 0 Å². The number of anilines is 2. The molecule has 1 fully saturated rings. The number of nitrogen functional groups attached to an aromatic ring is 1. The molecule has 0 amide bonds. The van der Waals surface area contributed by atoms with Crippen LogP contribution in [-0.4, -0.2) is 40.4 Å². The highest BCUT2D eigenvalue weighted by Crippen LogP contribution is 2.30. The van der Waals surface area contributed by atoms with Gasteiger partial charge in [-0.25, -0.2) is 12.7 Å². The fraction of sp³-hybridized carbons (Fsp3) is 0.600. The molecule has 1 aliphatic carbocycles. The van der Waals surface area contributed by atoms with Gasteiger partial charge in [0, 0.05) is 27.7 Å². The standard InChI is InChI=1S/C15H25N3O2S/c1-17(2)21(19,20)13-8-9-15(14(16)10-13)18(3)11-12-6-4-5-7-12/h8-10,12H,4-7,11,16H2,1-3H3. The lowest BCUT2D eigenvalue weighted by atomic mass is 10.1. The number of hydrogen-bond acceptors (Lipinski definition) is 4. The van der Waals surface area contributed by atoms with Crippen molar-refractivity contribution < 1.29 is 8.42 Å². The van der Waals surface area contributed by atoms with Crippen LogP contribution >= 0.6 is 0 Å². The normalized spacial score (nSPS) is 16.6. The Labute approximate surface area is 127 Å². The fourth-order valence-corrected chi connectivity index (χ4v) is 3.87. The molecule has 1 aromatic rings. The lowest BCUT2D eigenvalue weighted by Crippen LogP contribution is -2.25. The molecule has 0 heterocycles. The maximum absolute atomic E-state index is 12.1. The number of nitrogens with two attached hydrogens (primary N) is 1. The third-order valence-corrected chi connectivity index (χ3v) is 6.01. The highest BCUT2D eigenvalue weighted by molar-refractivity contribution is 7.89. The zero-order valence-electron chi connectivity index (χ0n) is 13.0. The molecule has 0 atom stereocenters. The summed E-state index contributed by atoms with van der Waals surface area (Å²) in [5.74, 6) is 0.722. The van der Waals surface area contributed by atoms with Gasteiger partial charge in [0.2, 0.25) is 10.0 Å². The second-order valence-corrected chi connectivity index (χ2v) is 8.19. The Morgan fingerprint density at radius 1 is 1.19 bits per heavy atom. The third-order valence-electron chi connectivity index (χ3n) is 4.20. The highest BCUT2D eigenvalue weighted by Gasteiger charge is 2.21. The van der Waals surface area contributed by atoms with Crippen LogP contribution < -0.4 is 10.6 Å². The van der Waals surface area contributed by atoms with Crippen LogP contribution in [0.2, 0.25) is 0 Å². The molecule has 0 spiro atoms. The van der Waals surface area contributed by atoms with Gasteiger partial charge in [0.05, 0.1) is 16.3 Å². The van der Waals surface area contributed by atoms with Gasteiger partial charge in [-0.05, 0) is 37.0 Å². The smallest absolute Gasteiger partial charge is 0.242 e. The summed E-state index contributed by atoms with van der Waals surface area (Å²) in [6.45, 7) is 0.976. The monoisotopic (exact) mass is 311 g/mol. The first-order valence-electron chi connectivity index (χ1n) is 7.35. The summed E-state index contributed by atoms with van der Waals surface area (Å²) < 4.78 is 25.4. The van der Waals surface area contributed by atoms with Crippen LogP contribution in [0.1, 0.15) is 25.7 Å². The predicted molar refractivity (Wildman–Crippen MR) is 87.0 cm³/mol. The molecule has 0 bridgehead atoms. The van der Waals surface area contributed by atoms with Gasteiger partial charge in [-0.1, -0.05) is 12.8 Å². The van der Waals surface area contributed by atoms with Gasteiger partial charge >= 0.3 is 0 Å². The van der Waals surface area contributed by atoms with Crippen LogP contribution in [0.15, 0.2) is 23.1 Å². The van der Waals surface area contributed by atoms with Gasteiger partial charge in [0.25, 0.3) is 0 Å². The van der Waals surface area contributed by atoms with Crippen molar-refractivity contribution in [1.82, 2.24) is 4.31 Å². The van der Waals surface area contributed by atoms with Crippen LogP contribution in [0.5, 0.6) is 0 Å². The summed E-state index contributed by atoms with van der Waals surface area (Å²) >= 11 is 0. The molecule has 118 valence electrons. The van der Waals surface area contributed by atoms with Crippen molar-refractivity contribution in [2.45, 2.75) is 30.6 Å². The largest absolute Gasteiger partial charge is 0.397 e. The second kappa shape index (κ2) is 6.23. The average molecular weight is 311 g/mol. The molecule has 5 nitrogen and oxygen atoms in total. The van der Waals surface area contributed by atoms with Crippen LogP contribution in [0, 0.1) is 5.92 Å². The van der Waals surface area contributed by atoms with E-state index in [1.807, 2.05) is 7.05 Å². The molecule has 21 heavy (non-hydrogen) atoms. The summed E-state index contributed by atoms with van der Waals surface area (Å²) in [5, 5.41) is 0. The number of benzene rings is 1. The first-order chi connectivity index (χ1) is 9.82. The van der Waals surface area contributed by atoms with Crippen molar-refractivity contribution in [3.8, 4) is 0 Å². The van der Waals surface area contributed by atoms with Crippen LogP contribution in [0.4, 0.5) is 11.4 Å². The Morgan fingerprint density at radius 2 is 1.81 bits per heavy atom. The van der Waals surface area contributed by atoms with Crippen molar-refractivity contribution in [2.24, 2.45) is 5.92 Å². The van der Waals surface area contributed by atoms with Crippen molar-refractivity contribution in [3.05, 3.63) is 18.2 Å². The fourth-order valence-electron chi connectivity index (χ4n) is 2.93. The van der Waals surface area contributed by atoms with E-state index in [1.165, 1.54) is 44.1 Å². The molecule has 0 aromatic heterocycles. The Balaban J connectivity index is 2.19. The van der Waals surface area contributed by atoms with Crippen molar-refractivity contribution in [1.29, 1.82) is 0 Å². The summed E-state index contributed by atoms with van der Waals surface area (Å²) in [7, 11) is 1.63. The van der Waals surface area contributed by atoms with Gasteiger partial charge < -0.3 is 10.6 Å². The molecule has 1 saturated carbocycles. The molecule has 2 N–H and O–H groups in total. The van der Waals surface area contributed by atoms with E-state index in [-0.39, 0.29) is 4.90 Å². The van der Waals surface area contributed by atoms with E-state index in [0.29, 0.717) is 5.69 Å². The summed E-state index contributed by atoms with van der Waals surface area (Å²) in [4.78, 5) is 2.38. The average Bonchev–Trinajstić information content (AvgIpc) is 2.90. The molecular weight excluding hydrogens is 286 g/mol. The Morgan fingerprint density at radius 3 is 2.33 bits per heavy atom. The number of hydrogen-bond donors (Lipinski definition) is 1. The first-order valence-corrected chi connectivity index (χ1v) is 8.79. The van der Waals surface area contributed by atoms with Crippen molar-refractivity contribution >= 4 is 21.4 Å². The molecule has 0 unspecified atom stereocenters. The quantitative estimate of drug-likeness (QED) is 0.846. The van der Waals surface area contributed by atoms with Gasteiger partial charge in [-0.2, -0.15) is 0 Å². The van der Waals surface area contributed by atoms with Crippen LogP contribution in [0.3, 0.4) is 0 Å². The third kappa shape index (κ3) is 3.49. The second-order valence-electron chi connectivity index (χ2n) is 6.04. The van der Waals surface area contributed by atoms with E-state index >= 15 is 0 Å². The van der Waals surface area contributed by atoms with E-state index in [9.17, 15) is 8.42 Å². The zero-order valence-corrected chi connectivity index (χ0v) is 13.9. The van der Waals surface area contributed by atoms with E-state index in [4.69, 9.17) is 5.73 Å². The maximum Gasteiger partial charge on any atom is 0.242 e. The van der Waals surface area contributed by atoms with E-state index in [0.717, 1.165) is 18.2 Å². The molecule has 6 heteroatoms. The molecular formula is C15H25N3O2S. The van der Waals surface area contributed by atoms with Gasteiger partial charge in [0.15, 0.2) is 0 Å². The Bertz CT molecular complexity index is 593. The summed E-state index contributed by atoms with van der Waals surface area (Å²) in [6.07, 6.45) is 5.18. The van der Waals surface area contributed by atoms with Crippen LogP contribution in [0.25, 0.3) is 0 Å². The van der Waals surface area contributed by atoms with E-state index in [2.05, 4.69) is 4.90 Å². The molecule has 0 saturated heterocycles. The predicted octanol–water partition coefficient (Wildman–Crippen LogP) is 2.15. The van der Waals surface area contributed by atoms with Gasteiger partial charge in [-0.15, -0.1) is 0 Å². The zero-order chi connectivity index (χ0) is 15.6. The molecule has 2 rings (SSSR count). The number of sulfonamides is 1. The molecule has 0 radical (unpaired) electrons. The minimum Gasteiger partial charge on any atom is -0.397 e. The van der Waals surface area contributed by atoms with Crippen molar-refractivity contribution in [2.75, 3.05) is 38.3 Å². The SMILES string of the molecule is CN(CC1CCCC1)c1ccc(S(=O)(=O)N(C)C)cc1N. The highest BCUT2D eigenvalue weighted by atomic mass is 32.2. The lowest BCUT2D eigenvalue weighted by Gasteiger charge is -2.25. The van der Waals surface area contributed by atoms with Gasteiger partial charge in [-0.3, -0.25) is 0 Å². The van der Waals surface area contributed by atoms with E-state index in [1.54, 1.807) is 18.2 Å². The van der Waals surface area contributed by atoms with E-state index < -0.39 is 10.0 Å². The topological polar surface area (TPSA) is 66.6 Å².